The van der Waals surface area contributed by atoms with E-state index in [0.717, 1.165) is 16.7 Å². The van der Waals surface area contributed by atoms with Crippen molar-refractivity contribution in [1.29, 1.82) is 0 Å². The number of aromatic nitrogens is 4. The van der Waals surface area contributed by atoms with Gasteiger partial charge in [0.1, 0.15) is 6.10 Å². The fourth-order valence-electron chi connectivity index (χ4n) is 2.63. The van der Waals surface area contributed by atoms with Gasteiger partial charge in [-0.25, -0.2) is 4.79 Å². The van der Waals surface area contributed by atoms with E-state index in [9.17, 15) is 9.59 Å². The van der Waals surface area contributed by atoms with Gasteiger partial charge in [0.05, 0.1) is 0 Å². The van der Waals surface area contributed by atoms with Gasteiger partial charge in [-0.1, -0.05) is 53.1 Å². The first-order valence-electron chi connectivity index (χ1n) is 8.70. The summed E-state index contributed by atoms with van der Waals surface area (Å²) in [7, 11) is 0. The van der Waals surface area contributed by atoms with Gasteiger partial charge in [0.2, 0.25) is 0 Å². The van der Waals surface area contributed by atoms with Crippen molar-refractivity contribution in [2.45, 2.75) is 25.6 Å². The first-order chi connectivity index (χ1) is 13.9. The number of H-pyrrole nitrogens is 1. The van der Waals surface area contributed by atoms with Gasteiger partial charge in [-0.3, -0.25) is 10.1 Å². The topological polar surface area (TPSA) is 130 Å². The van der Waals surface area contributed by atoms with Crippen LogP contribution in [0.1, 0.15) is 12.5 Å². The van der Waals surface area contributed by atoms with E-state index in [0.29, 0.717) is 5.02 Å². The number of halogens is 1. The molecule has 0 aliphatic carbocycles. The van der Waals surface area contributed by atoms with Gasteiger partial charge in [-0.2, -0.15) is 5.21 Å². The second-order valence-corrected chi connectivity index (χ2v) is 6.68. The quantitative estimate of drug-likeness (QED) is 0.515. The van der Waals surface area contributed by atoms with E-state index < -0.39 is 24.1 Å². The van der Waals surface area contributed by atoms with E-state index in [1.807, 2.05) is 42.5 Å². The molecule has 2 aromatic carbocycles. The van der Waals surface area contributed by atoms with E-state index in [-0.39, 0.29) is 12.4 Å². The number of amides is 1. The van der Waals surface area contributed by atoms with Crippen molar-refractivity contribution in [1.82, 2.24) is 20.6 Å². The first kappa shape index (κ1) is 20.4. The molecule has 3 N–H and O–H groups in total. The number of carbonyl (C=O) groups excluding carboxylic acids is 1. The van der Waals surface area contributed by atoms with E-state index in [2.05, 4.69) is 25.9 Å². The lowest BCUT2D eigenvalue weighted by Gasteiger charge is -2.19. The van der Waals surface area contributed by atoms with Crippen LogP contribution >= 0.6 is 11.6 Å². The highest BCUT2D eigenvalue weighted by Gasteiger charge is 2.26. The Kier molecular flexibility index (Phi) is 6.53. The van der Waals surface area contributed by atoms with Crippen LogP contribution in [0.3, 0.4) is 0 Å². The summed E-state index contributed by atoms with van der Waals surface area (Å²) in [5.41, 5.74) is 2.72. The molecule has 3 rings (SSSR count). The van der Waals surface area contributed by atoms with Crippen molar-refractivity contribution < 1.29 is 19.4 Å². The summed E-state index contributed by atoms with van der Waals surface area (Å²) in [5.74, 6) is -1.76. The van der Waals surface area contributed by atoms with Crippen molar-refractivity contribution in [3.63, 3.8) is 0 Å². The summed E-state index contributed by atoms with van der Waals surface area (Å²) in [6.07, 6.45) is -2.06. The maximum Gasteiger partial charge on any atom is 0.332 e. The molecule has 9 nitrogen and oxygen atoms in total. The number of anilines is 1. The third-order valence-electron chi connectivity index (χ3n) is 4.12. The van der Waals surface area contributed by atoms with Gasteiger partial charge in [-0.15, -0.1) is 5.10 Å². The molecule has 1 amide bonds. The number of ether oxygens (including phenoxy) is 1. The highest BCUT2D eigenvalue weighted by molar-refractivity contribution is 6.30. The Morgan fingerprint density at radius 3 is 2.59 bits per heavy atom. The summed E-state index contributed by atoms with van der Waals surface area (Å²) in [6, 6.07) is 15.0. The van der Waals surface area contributed by atoms with Crippen LogP contribution in [-0.2, 0) is 20.7 Å². The monoisotopic (exact) mass is 415 g/mol. The van der Waals surface area contributed by atoms with Crippen LogP contribution < -0.4 is 5.32 Å². The van der Waals surface area contributed by atoms with Gasteiger partial charge in [-0.05, 0) is 41.0 Å². The van der Waals surface area contributed by atoms with Crippen molar-refractivity contribution in [2.24, 2.45) is 0 Å². The zero-order valence-electron chi connectivity index (χ0n) is 15.4. The van der Waals surface area contributed by atoms with Crippen molar-refractivity contribution in [3.05, 3.63) is 59.1 Å². The third-order valence-corrected chi connectivity index (χ3v) is 4.36. The number of aliphatic carboxylic acids is 1. The molecule has 0 aliphatic heterocycles. The molecule has 0 fully saturated rings. The SMILES string of the molecule is CC(O[C@@H](Cc1ccc(-c2cccc(Cl)c2)cc1)C(=O)Nc1nn[nH]n1)C(=O)O. The lowest BCUT2D eigenvalue weighted by molar-refractivity contribution is -0.155. The molecule has 0 saturated carbocycles. The summed E-state index contributed by atoms with van der Waals surface area (Å²) in [4.78, 5) is 23.7. The Hall–Kier alpha value is -3.30. The van der Waals surface area contributed by atoms with Gasteiger partial charge < -0.3 is 9.84 Å². The molecule has 29 heavy (non-hydrogen) atoms. The highest BCUT2D eigenvalue weighted by Crippen LogP contribution is 2.23. The standard InChI is InChI=1S/C19H18ClN5O4/c1-11(18(27)28)29-16(17(26)21-19-22-24-25-23-19)9-12-5-7-13(8-6-12)14-3-2-4-15(20)10-14/h2-8,10-11,16H,9H2,1H3,(H,27,28)(H2,21,22,23,24,25,26)/t11?,16-/m0/s1. The number of hydrogen-bond donors (Lipinski definition) is 3. The number of nitrogens with zero attached hydrogens (tertiary/aromatic N) is 3. The zero-order valence-corrected chi connectivity index (χ0v) is 16.1. The number of tetrazole rings is 1. The highest BCUT2D eigenvalue weighted by atomic mass is 35.5. The lowest BCUT2D eigenvalue weighted by Crippen LogP contribution is -2.37. The molecule has 1 heterocycles. The van der Waals surface area contributed by atoms with Gasteiger partial charge in [0.15, 0.2) is 6.10 Å². The molecule has 10 heteroatoms. The number of carboxylic acid groups (broad SMARTS) is 1. The molecular weight excluding hydrogens is 398 g/mol. The second-order valence-electron chi connectivity index (χ2n) is 6.24. The Bertz CT molecular complexity index is 979. The number of nitrogens with one attached hydrogen (secondary N) is 2. The zero-order chi connectivity index (χ0) is 20.8. The average molecular weight is 416 g/mol. The minimum absolute atomic E-state index is 0.0251. The Balaban J connectivity index is 1.75. The number of hydrogen-bond acceptors (Lipinski definition) is 6. The molecule has 0 spiro atoms. The van der Waals surface area contributed by atoms with E-state index in [1.165, 1.54) is 6.92 Å². The summed E-state index contributed by atoms with van der Waals surface area (Å²) in [5, 5.41) is 25.1. The van der Waals surface area contributed by atoms with Gasteiger partial charge >= 0.3 is 5.97 Å². The van der Waals surface area contributed by atoms with Crippen LogP contribution in [0.2, 0.25) is 5.02 Å². The minimum atomic E-state index is -1.17. The second kappa shape index (κ2) is 9.26. The maximum absolute atomic E-state index is 12.5. The van der Waals surface area contributed by atoms with Crippen LogP contribution in [0.15, 0.2) is 48.5 Å². The Labute approximate surface area is 171 Å². The normalized spacial score (nSPS) is 12.9. The summed E-state index contributed by atoms with van der Waals surface area (Å²) in [6.45, 7) is 1.36. The third kappa shape index (κ3) is 5.59. The molecule has 0 bridgehead atoms. The predicted octanol–water partition coefficient (Wildman–Crippen LogP) is 2.56. The van der Waals surface area contributed by atoms with Gasteiger partial charge in [0, 0.05) is 11.4 Å². The predicted molar refractivity (Wildman–Crippen MR) is 105 cm³/mol. The van der Waals surface area contributed by atoms with Crippen LogP contribution in [0.25, 0.3) is 11.1 Å². The van der Waals surface area contributed by atoms with Crippen molar-refractivity contribution >= 4 is 29.4 Å². The first-order valence-corrected chi connectivity index (χ1v) is 9.07. The number of benzene rings is 2. The van der Waals surface area contributed by atoms with Crippen LogP contribution in [0.4, 0.5) is 5.95 Å². The molecule has 0 aliphatic rings. The summed E-state index contributed by atoms with van der Waals surface area (Å²) >= 11 is 6.04. The number of aromatic amines is 1. The number of rotatable bonds is 8. The van der Waals surface area contributed by atoms with Crippen LogP contribution in [-0.4, -0.2) is 49.8 Å². The molecule has 1 aromatic heterocycles. The average Bonchev–Trinajstić information content (AvgIpc) is 3.21. The Morgan fingerprint density at radius 1 is 1.21 bits per heavy atom. The largest absolute Gasteiger partial charge is 0.479 e. The van der Waals surface area contributed by atoms with Crippen molar-refractivity contribution in [2.75, 3.05) is 5.32 Å². The molecule has 150 valence electrons. The fraction of sp³-hybridized carbons (Fsp3) is 0.211. The molecular formula is C19H18ClN5O4. The number of carboxylic acids is 1. The van der Waals surface area contributed by atoms with Crippen LogP contribution in [0.5, 0.6) is 0 Å². The molecule has 1 unspecified atom stereocenters. The van der Waals surface area contributed by atoms with E-state index >= 15 is 0 Å². The molecule has 3 aromatic rings. The Morgan fingerprint density at radius 2 is 1.97 bits per heavy atom. The molecule has 2 atom stereocenters. The van der Waals surface area contributed by atoms with Crippen LogP contribution in [0, 0.1) is 0 Å². The smallest absolute Gasteiger partial charge is 0.332 e. The number of carbonyl (C=O) groups is 2. The fourth-order valence-corrected chi connectivity index (χ4v) is 2.82. The van der Waals surface area contributed by atoms with Crippen molar-refractivity contribution in [3.8, 4) is 11.1 Å². The molecule has 0 radical (unpaired) electrons. The van der Waals surface area contributed by atoms with Gasteiger partial charge in [0.25, 0.3) is 11.9 Å². The van der Waals surface area contributed by atoms with E-state index in [4.69, 9.17) is 21.4 Å². The molecule has 0 saturated heterocycles. The summed E-state index contributed by atoms with van der Waals surface area (Å²) < 4.78 is 5.44. The minimum Gasteiger partial charge on any atom is -0.479 e. The maximum atomic E-state index is 12.5. The lowest BCUT2D eigenvalue weighted by atomic mass is 10.0. The van der Waals surface area contributed by atoms with E-state index in [1.54, 1.807) is 6.07 Å².